The summed E-state index contributed by atoms with van der Waals surface area (Å²) in [7, 11) is 0. The van der Waals surface area contributed by atoms with E-state index >= 15 is 0 Å². The highest BCUT2D eigenvalue weighted by Crippen LogP contribution is 2.32. The number of nitrogens with one attached hydrogen (secondary N) is 2. The summed E-state index contributed by atoms with van der Waals surface area (Å²) in [6, 6.07) is 15.8. The maximum absolute atomic E-state index is 12.6. The molecular formula is C21H21N3O4. The summed E-state index contributed by atoms with van der Waals surface area (Å²) in [4.78, 5) is 24.8. The number of nitrogens with zero attached hydrogens (tertiary/aromatic N) is 1. The summed E-state index contributed by atoms with van der Waals surface area (Å²) >= 11 is 0. The van der Waals surface area contributed by atoms with Gasteiger partial charge in [-0.15, -0.1) is 0 Å². The topological polar surface area (TPSA) is 85.4 Å². The van der Waals surface area contributed by atoms with Gasteiger partial charge in [0.1, 0.15) is 5.69 Å². The van der Waals surface area contributed by atoms with Gasteiger partial charge in [-0.1, -0.05) is 24.3 Å². The Bertz CT molecular complexity index is 1040. The van der Waals surface area contributed by atoms with E-state index in [4.69, 9.17) is 9.47 Å². The number of H-pyrrole nitrogens is 1. The summed E-state index contributed by atoms with van der Waals surface area (Å²) in [5.41, 5.74) is 1.47. The first kappa shape index (κ1) is 17.9. The number of carbonyl (C=O) groups excluding carboxylic acids is 1. The van der Waals surface area contributed by atoms with E-state index in [0.717, 1.165) is 12.0 Å². The highest BCUT2D eigenvalue weighted by Gasteiger charge is 2.18. The zero-order valence-corrected chi connectivity index (χ0v) is 15.5. The zero-order valence-electron chi connectivity index (χ0n) is 15.5. The van der Waals surface area contributed by atoms with Crippen molar-refractivity contribution in [2.75, 3.05) is 13.2 Å². The van der Waals surface area contributed by atoms with E-state index in [-0.39, 0.29) is 23.2 Å². The fourth-order valence-corrected chi connectivity index (χ4v) is 3.09. The SMILES string of the molecule is C[C@H](NC(=O)c1cc(=O)n(-c2ccccc2)[nH]1)c1ccc2c(c1)OCCCO2. The number of rotatable bonds is 4. The third-order valence-corrected chi connectivity index (χ3v) is 4.60. The molecule has 0 radical (unpaired) electrons. The Kier molecular flexibility index (Phi) is 4.89. The smallest absolute Gasteiger partial charge is 0.271 e. The quantitative estimate of drug-likeness (QED) is 0.730. The number of amides is 1. The number of benzene rings is 2. The van der Waals surface area contributed by atoms with Gasteiger partial charge in [-0.25, -0.2) is 4.68 Å². The molecule has 0 saturated heterocycles. The van der Waals surface area contributed by atoms with Gasteiger partial charge in [-0.05, 0) is 36.8 Å². The standard InChI is InChI=1S/C21H21N3O4/c1-14(15-8-9-18-19(12-15)28-11-5-10-27-18)22-21(26)17-13-20(25)24(23-17)16-6-3-2-4-7-16/h2-4,6-9,12-14,23H,5,10-11H2,1H3,(H,22,26)/t14-/m0/s1. The molecule has 1 aliphatic heterocycles. The van der Waals surface area contributed by atoms with Crippen molar-refractivity contribution in [1.82, 2.24) is 15.1 Å². The van der Waals surface area contributed by atoms with Crippen molar-refractivity contribution in [2.24, 2.45) is 0 Å². The molecule has 0 fully saturated rings. The zero-order chi connectivity index (χ0) is 19.5. The molecule has 1 aromatic heterocycles. The first-order valence-corrected chi connectivity index (χ1v) is 9.20. The van der Waals surface area contributed by atoms with Gasteiger partial charge < -0.3 is 14.8 Å². The summed E-state index contributed by atoms with van der Waals surface area (Å²) in [5, 5.41) is 5.77. The molecule has 3 aromatic rings. The average Bonchev–Trinajstić information content (AvgIpc) is 2.95. The molecule has 28 heavy (non-hydrogen) atoms. The molecule has 0 saturated carbocycles. The van der Waals surface area contributed by atoms with E-state index in [2.05, 4.69) is 10.4 Å². The van der Waals surface area contributed by atoms with Crippen LogP contribution >= 0.6 is 0 Å². The molecule has 7 nitrogen and oxygen atoms in total. The third-order valence-electron chi connectivity index (χ3n) is 4.60. The fraction of sp³-hybridized carbons (Fsp3) is 0.238. The number of carbonyl (C=O) groups is 1. The third kappa shape index (κ3) is 3.64. The van der Waals surface area contributed by atoms with Crippen LogP contribution in [0.1, 0.15) is 35.4 Å². The summed E-state index contributed by atoms with van der Waals surface area (Å²) in [5.74, 6) is 1.04. The lowest BCUT2D eigenvalue weighted by molar-refractivity contribution is 0.0934. The van der Waals surface area contributed by atoms with Crippen LogP contribution < -0.4 is 20.3 Å². The monoisotopic (exact) mass is 379 g/mol. The lowest BCUT2D eigenvalue weighted by atomic mass is 10.1. The van der Waals surface area contributed by atoms with Crippen molar-refractivity contribution in [3.8, 4) is 17.2 Å². The van der Waals surface area contributed by atoms with Gasteiger partial charge in [0.15, 0.2) is 11.5 Å². The Morgan fingerprint density at radius 3 is 2.61 bits per heavy atom. The van der Waals surface area contributed by atoms with E-state index in [0.29, 0.717) is 30.4 Å². The fourth-order valence-electron chi connectivity index (χ4n) is 3.09. The Balaban J connectivity index is 1.51. The molecule has 0 spiro atoms. The minimum absolute atomic E-state index is 0.204. The number of fused-ring (bicyclic) bond motifs is 1. The molecule has 0 aliphatic carbocycles. The average molecular weight is 379 g/mol. The molecule has 0 unspecified atom stereocenters. The van der Waals surface area contributed by atoms with Crippen molar-refractivity contribution in [3.63, 3.8) is 0 Å². The highest BCUT2D eigenvalue weighted by molar-refractivity contribution is 5.92. The minimum atomic E-state index is -0.355. The number of ether oxygens (including phenoxy) is 2. The first-order valence-electron chi connectivity index (χ1n) is 9.20. The lowest BCUT2D eigenvalue weighted by Gasteiger charge is -2.16. The number of hydrogen-bond acceptors (Lipinski definition) is 4. The second-order valence-corrected chi connectivity index (χ2v) is 6.63. The van der Waals surface area contributed by atoms with Gasteiger partial charge in [-0.3, -0.25) is 14.7 Å². The van der Waals surface area contributed by atoms with E-state index < -0.39 is 0 Å². The lowest BCUT2D eigenvalue weighted by Crippen LogP contribution is -2.27. The van der Waals surface area contributed by atoms with Crippen molar-refractivity contribution in [1.29, 1.82) is 0 Å². The van der Waals surface area contributed by atoms with E-state index in [9.17, 15) is 9.59 Å². The molecule has 0 bridgehead atoms. The van der Waals surface area contributed by atoms with Crippen LogP contribution in [0.25, 0.3) is 5.69 Å². The molecule has 7 heteroatoms. The number of para-hydroxylation sites is 1. The Labute approximate surface area is 161 Å². The molecule has 4 rings (SSSR count). The summed E-state index contributed by atoms with van der Waals surface area (Å²) in [6.45, 7) is 3.11. The largest absolute Gasteiger partial charge is 0.490 e. The van der Waals surface area contributed by atoms with E-state index in [1.54, 1.807) is 12.1 Å². The van der Waals surface area contributed by atoms with Crippen LogP contribution in [-0.4, -0.2) is 28.9 Å². The summed E-state index contributed by atoms with van der Waals surface area (Å²) in [6.07, 6.45) is 0.835. The van der Waals surface area contributed by atoms with Crippen molar-refractivity contribution < 1.29 is 14.3 Å². The molecule has 2 aromatic carbocycles. The molecule has 144 valence electrons. The first-order chi connectivity index (χ1) is 13.6. The molecular weight excluding hydrogens is 358 g/mol. The predicted molar refractivity (Wildman–Crippen MR) is 104 cm³/mol. The van der Waals surface area contributed by atoms with Crippen LogP contribution in [0.2, 0.25) is 0 Å². The van der Waals surface area contributed by atoms with Gasteiger partial charge in [0.25, 0.3) is 11.5 Å². The van der Waals surface area contributed by atoms with Gasteiger partial charge in [0.05, 0.1) is 24.9 Å². The molecule has 1 atom stereocenters. The second-order valence-electron chi connectivity index (χ2n) is 6.63. The number of aromatic nitrogens is 2. The van der Waals surface area contributed by atoms with Crippen LogP contribution in [0.4, 0.5) is 0 Å². The second kappa shape index (κ2) is 7.64. The normalized spacial score (nSPS) is 14.2. The van der Waals surface area contributed by atoms with Crippen LogP contribution in [0.5, 0.6) is 11.5 Å². The van der Waals surface area contributed by atoms with Gasteiger partial charge >= 0.3 is 0 Å². The molecule has 2 N–H and O–H groups in total. The molecule has 1 amide bonds. The van der Waals surface area contributed by atoms with E-state index in [1.165, 1.54) is 10.7 Å². The maximum atomic E-state index is 12.6. The van der Waals surface area contributed by atoms with Crippen LogP contribution in [0, 0.1) is 0 Å². The Hall–Kier alpha value is -3.48. The highest BCUT2D eigenvalue weighted by atomic mass is 16.5. The number of aromatic amines is 1. The van der Waals surface area contributed by atoms with Gasteiger partial charge in [0.2, 0.25) is 0 Å². The van der Waals surface area contributed by atoms with Crippen LogP contribution in [-0.2, 0) is 0 Å². The van der Waals surface area contributed by atoms with Crippen molar-refractivity contribution in [2.45, 2.75) is 19.4 Å². The van der Waals surface area contributed by atoms with Crippen LogP contribution in [0.15, 0.2) is 59.4 Å². The molecule has 1 aliphatic rings. The Morgan fingerprint density at radius 2 is 1.82 bits per heavy atom. The number of hydrogen-bond donors (Lipinski definition) is 2. The maximum Gasteiger partial charge on any atom is 0.271 e. The van der Waals surface area contributed by atoms with Gasteiger partial charge in [-0.2, -0.15) is 0 Å². The summed E-state index contributed by atoms with van der Waals surface area (Å²) < 4.78 is 12.7. The minimum Gasteiger partial charge on any atom is -0.490 e. The van der Waals surface area contributed by atoms with Crippen molar-refractivity contribution >= 4 is 5.91 Å². The van der Waals surface area contributed by atoms with Crippen LogP contribution in [0.3, 0.4) is 0 Å². The van der Waals surface area contributed by atoms with E-state index in [1.807, 2.05) is 43.3 Å². The predicted octanol–water partition coefficient (Wildman–Crippen LogP) is 2.82. The van der Waals surface area contributed by atoms with Gasteiger partial charge in [0, 0.05) is 12.5 Å². The van der Waals surface area contributed by atoms with Crippen molar-refractivity contribution in [3.05, 3.63) is 76.2 Å². The Morgan fingerprint density at radius 1 is 1.07 bits per heavy atom. The molecule has 2 heterocycles.